The van der Waals surface area contributed by atoms with E-state index in [9.17, 15) is 39.9 Å². The first-order valence-electron chi connectivity index (χ1n) is 11.3. The highest BCUT2D eigenvalue weighted by Crippen LogP contribution is 2.51. The van der Waals surface area contributed by atoms with Crippen LogP contribution in [0.1, 0.15) is 53.9 Å². The third-order valence-corrected chi connectivity index (χ3v) is 7.10. The van der Waals surface area contributed by atoms with Crippen LogP contribution in [0.5, 0.6) is 0 Å². The number of likely N-dealkylation sites (tertiary alicyclic amines) is 1. The van der Waals surface area contributed by atoms with Gasteiger partial charge in [-0.1, -0.05) is 18.9 Å². The second kappa shape index (κ2) is 8.38. The fourth-order valence-electron chi connectivity index (χ4n) is 5.31. The Labute approximate surface area is 199 Å². The van der Waals surface area contributed by atoms with Gasteiger partial charge in [0.05, 0.1) is 13.1 Å². The predicted octanol–water partition coefficient (Wildman–Crippen LogP) is 5.16. The van der Waals surface area contributed by atoms with Gasteiger partial charge in [0, 0.05) is 29.8 Å². The van der Waals surface area contributed by atoms with Crippen LogP contribution in [0, 0.1) is 0 Å². The molecule has 1 saturated carbocycles. The van der Waals surface area contributed by atoms with Crippen molar-refractivity contribution in [2.75, 3.05) is 13.1 Å². The summed E-state index contributed by atoms with van der Waals surface area (Å²) in [5, 5.41) is 6.79. The number of carbonyl (C=O) groups is 1. The number of hydrogen-bond acceptors (Lipinski definition) is 5. The molecule has 0 spiro atoms. The molecule has 2 fully saturated rings. The van der Waals surface area contributed by atoms with Crippen LogP contribution in [0.15, 0.2) is 22.6 Å². The summed E-state index contributed by atoms with van der Waals surface area (Å²) < 4.78 is 114. The molecule has 1 amide bonds. The van der Waals surface area contributed by atoms with E-state index in [0.29, 0.717) is 29.7 Å². The molecule has 1 aromatic carbocycles. The minimum atomic E-state index is -5.48. The molecule has 3 heterocycles. The van der Waals surface area contributed by atoms with E-state index in [1.165, 1.54) is 17.0 Å². The molecule has 0 radical (unpaired) electrons. The van der Waals surface area contributed by atoms with Gasteiger partial charge >= 0.3 is 24.2 Å². The Morgan fingerprint density at radius 1 is 0.944 bits per heavy atom. The van der Waals surface area contributed by atoms with E-state index >= 15 is 0 Å². The van der Waals surface area contributed by atoms with Gasteiger partial charge in [-0.2, -0.15) is 35.1 Å². The van der Waals surface area contributed by atoms with E-state index in [1.807, 2.05) is 0 Å². The number of piperidine rings is 1. The average Bonchev–Trinajstić information content (AvgIpc) is 3.43. The maximum Gasteiger partial charge on any atom is 0.374 e. The first kappa shape index (κ1) is 24.9. The molecule has 2 atom stereocenters. The SMILES string of the molecule is O=C1c2cc(-c3nnc(C(F)F)o3)ccc2CN1[C@@H]1CCCC[C@H]1N1CC(F)(F)C(F)(F)C(F)(F)C1. The molecule has 1 aliphatic carbocycles. The molecule has 1 saturated heterocycles. The number of alkyl halides is 8. The molecule has 2 aliphatic heterocycles. The van der Waals surface area contributed by atoms with Crippen LogP contribution in [0.2, 0.25) is 0 Å². The normalized spacial score (nSPS) is 27.5. The molecule has 2 aromatic rings. The Bertz CT molecular complexity index is 1150. The topological polar surface area (TPSA) is 62.5 Å². The van der Waals surface area contributed by atoms with Crippen LogP contribution >= 0.6 is 0 Å². The van der Waals surface area contributed by atoms with Crippen molar-refractivity contribution in [3.8, 4) is 11.5 Å². The monoisotopic (exact) mass is 524 g/mol. The minimum Gasteiger partial charge on any atom is -0.415 e. The molecule has 1 aromatic heterocycles. The number of fused-ring (bicyclic) bond motifs is 1. The summed E-state index contributed by atoms with van der Waals surface area (Å²) in [5.41, 5.74) is 0.943. The third kappa shape index (κ3) is 3.84. The lowest BCUT2D eigenvalue weighted by Gasteiger charge is -2.49. The molecule has 3 aliphatic rings. The van der Waals surface area contributed by atoms with Gasteiger partial charge in [-0.05, 0) is 30.5 Å². The zero-order valence-electron chi connectivity index (χ0n) is 18.5. The number of carbonyl (C=O) groups excluding carboxylic acids is 1. The summed E-state index contributed by atoms with van der Waals surface area (Å²) in [7, 11) is 0. The Morgan fingerprint density at radius 2 is 1.58 bits per heavy atom. The summed E-state index contributed by atoms with van der Waals surface area (Å²) in [6, 6.07) is 2.70. The first-order chi connectivity index (χ1) is 16.8. The van der Waals surface area contributed by atoms with Gasteiger partial charge in [0.15, 0.2) is 0 Å². The van der Waals surface area contributed by atoms with Gasteiger partial charge in [-0.3, -0.25) is 9.69 Å². The van der Waals surface area contributed by atoms with Gasteiger partial charge in [0.1, 0.15) is 0 Å². The quantitative estimate of drug-likeness (QED) is 0.517. The highest BCUT2D eigenvalue weighted by molar-refractivity contribution is 5.99. The standard InChI is InChI=1S/C22H20F8N4O2/c23-16(24)18-32-31-17(36-18)11-5-6-12-8-34(19(35)13(12)7-11)15-4-2-1-3-14(15)33-9-20(25,26)22(29,30)21(27,28)10-33/h5-7,14-16H,1-4,8-10H2/t14-,15-/m1/s1. The van der Waals surface area contributed by atoms with Crippen LogP contribution in [0.4, 0.5) is 35.1 Å². The molecule has 196 valence electrons. The van der Waals surface area contributed by atoms with Gasteiger partial charge < -0.3 is 9.32 Å². The van der Waals surface area contributed by atoms with E-state index in [2.05, 4.69) is 10.2 Å². The van der Waals surface area contributed by atoms with Crippen molar-refractivity contribution in [3.05, 3.63) is 35.2 Å². The van der Waals surface area contributed by atoms with Crippen LogP contribution < -0.4 is 0 Å². The van der Waals surface area contributed by atoms with E-state index in [4.69, 9.17) is 4.42 Å². The summed E-state index contributed by atoms with van der Waals surface area (Å²) >= 11 is 0. The van der Waals surface area contributed by atoms with Crippen molar-refractivity contribution < 1.29 is 44.3 Å². The van der Waals surface area contributed by atoms with Crippen LogP contribution in [0.25, 0.3) is 11.5 Å². The average molecular weight is 524 g/mol. The zero-order valence-corrected chi connectivity index (χ0v) is 18.5. The van der Waals surface area contributed by atoms with Crippen molar-refractivity contribution in [3.63, 3.8) is 0 Å². The molecular weight excluding hydrogens is 504 g/mol. The lowest BCUT2D eigenvalue weighted by molar-refractivity contribution is -0.342. The molecule has 0 bridgehead atoms. The van der Waals surface area contributed by atoms with Crippen LogP contribution in [-0.2, 0) is 6.54 Å². The summed E-state index contributed by atoms with van der Waals surface area (Å²) in [6.45, 7) is -3.03. The van der Waals surface area contributed by atoms with E-state index in [0.717, 1.165) is 0 Å². The Morgan fingerprint density at radius 3 is 2.19 bits per heavy atom. The maximum atomic E-state index is 14.1. The summed E-state index contributed by atoms with van der Waals surface area (Å²) in [6.07, 6.45) is -1.36. The largest absolute Gasteiger partial charge is 0.415 e. The third-order valence-electron chi connectivity index (χ3n) is 7.10. The molecule has 0 N–H and O–H groups in total. The second-order valence-corrected chi connectivity index (χ2v) is 9.36. The fourth-order valence-corrected chi connectivity index (χ4v) is 5.31. The number of halogens is 8. The van der Waals surface area contributed by atoms with Crippen molar-refractivity contribution in [2.24, 2.45) is 0 Å². The van der Waals surface area contributed by atoms with Gasteiger partial charge in [0.25, 0.3) is 11.8 Å². The molecular formula is C22H20F8N4O2. The van der Waals surface area contributed by atoms with Crippen molar-refractivity contribution in [1.29, 1.82) is 0 Å². The fraction of sp³-hybridized carbons (Fsp3) is 0.591. The van der Waals surface area contributed by atoms with Crippen molar-refractivity contribution in [1.82, 2.24) is 20.0 Å². The number of benzene rings is 1. The summed E-state index contributed by atoms with van der Waals surface area (Å²) in [4.78, 5) is 15.3. The van der Waals surface area contributed by atoms with Crippen molar-refractivity contribution in [2.45, 2.75) is 68.5 Å². The smallest absolute Gasteiger partial charge is 0.374 e. The highest BCUT2D eigenvalue weighted by atomic mass is 19.3. The second-order valence-electron chi connectivity index (χ2n) is 9.36. The van der Waals surface area contributed by atoms with Gasteiger partial charge in [0.2, 0.25) is 5.89 Å². The number of rotatable bonds is 4. The van der Waals surface area contributed by atoms with E-state index < -0.39 is 61.2 Å². The Balaban J connectivity index is 1.40. The number of aromatic nitrogens is 2. The van der Waals surface area contributed by atoms with E-state index in [1.54, 1.807) is 6.07 Å². The number of nitrogens with zero attached hydrogens (tertiary/aromatic N) is 4. The molecule has 0 unspecified atom stereocenters. The molecule has 6 nitrogen and oxygen atoms in total. The maximum absolute atomic E-state index is 14.1. The highest BCUT2D eigenvalue weighted by Gasteiger charge is 2.75. The van der Waals surface area contributed by atoms with Gasteiger partial charge in [-0.15, -0.1) is 10.2 Å². The zero-order chi connectivity index (χ0) is 26.0. The lowest BCUT2D eigenvalue weighted by Crippen LogP contribution is -2.70. The van der Waals surface area contributed by atoms with Crippen LogP contribution in [-0.4, -0.2) is 68.8 Å². The Hall–Kier alpha value is -2.77. The summed E-state index contributed by atoms with van der Waals surface area (Å²) in [5.74, 6) is -17.0. The Kier molecular flexibility index (Phi) is 5.80. The van der Waals surface area contributed by atoms with E-state index in [-0.39, 0.29) is 30.0 Å². The first-order valence-corrected chi connectivity index (χ1v) is 11.3. The number of amides is 1. The minimum absolute atomic E-state index is 0.0541. The van der Waals surface area contributed by atoms with Crippen molar-refractivity contribution >= 4 is 5.91 Å². The molecule has 36 heavy (non-hydrogen) atoms. The number of hydrogen-bond donors (Lipinski definition) is 0. The van der Waals surface area contributed by atoms with Gasteiger partial charge in [-0.25, -0.2) is 0 Å². The molecule has 5 rings (SSSR count). The lowest BCUT2D eigenvalue weighted by atomic mass is 9.85. The molecule has 14 heteroatoms. The van der Waals surface area contributed by atoms with Crippen LogP contribution in [0.3, 0.4) is 0 Å². The predicted molar refractivity (Wildman–Crippen MR) is 107 cm³/mol.